The number of carbonyl (C=O) groups is 1. The number of thioether (sulfide) groups is 1. The molecule has 0 aliphatic carbocycles. The zero-order valence-electron chi connectivity index (χ0n) is 10.1. The highest BCUT2D eigenvalue weighted by Gasteiger charge is 2.08. The monoisotopic (exact) mass is 276 g/mol. The SMILES string of the molecule is COCCNc1nnc(SCC(=O)N(C)C)s1. The number of aromatic nitrogens is 2. The maximum Gasteiger partial charge on any atom is 0.232 e. The second-order valence-corrected chi connectivity index (χ2v) is 5.57. The van der Waals surface area contributed by atoms with Gasteiger partial charge in [-0.2, -0.15) is 0 Å². The number of anilines is 1. The highest BCUT2D eigenvalue weighted by atomic mass is 32.2. The second-order valence-electron chi connectivity index (χ2n) is 3.37. The van der Waals surface area contributed by atoms with Gasteiger partial charge < -0.3 is 15.0 Å². The standard InChI is InChI=1S/C9H16N4O2S2/c1-13(2)7(14)6-16-9-12-11-8(17-9)10-4-5-15-3/h4-6H2,1-3H3,(H,10,11). The molecule has 1 N–H and O–H groups in total. The molecule has 6 nitrogen and oxygen atoms in total. The van der Waals surface area contributed by atoms with Crippen LogP contribution in [0.5, 0.6) is 0 Å². The molecule has 0 aliphatic rings. The summed E-state index contributed by atoms with van der Waals surface area (Å²) in [6.45, 7) is 1.33. The van der Waals surface area contributed by atoms with Crippen LogP contribution in [0, 0.1) is 0 Å². The summed E-state index contributed by atoms with van der Waals surface area (Å²) in [5, 5.41) is 11.8. The first-order chi connectivity index (χ1) is 8.13. The molecule has 17 heavy (non-hydrogen) atoms. The largest absolute Gasteiger partial charge is 0.383 e. The van der Waals surface area contributed by atoms with Gasteiger partial charge in [0, 0.05) is 27.7 Å². The molecule has 1 amide bonds. The summed E-state index contributed by atoms with van der Waals surface area (Å²) in [4.78, 5) is 12.9. The lowest BCUT2D eigenvalue weighted by atomic mass is 10.6. The topological polar surface area (TPSA) is 67.3 Å². The van der Waals surface area contributed by atoms with E-state index in [1.807, 2.05) is 0 Å². The number of hydrogen-bond acceptors (Lipinski definition) is 7. The number of carbonyl (C=O) groups excluding carboxylic acids is 1. The molecule has 0 saturated heterocycles. The Hall–Kier alpha value is -0.860. The average molecular weight is 276 g/mol. The Morgan fingerprint density at radius 1 is 1.53 bits per heavy atom. The summed E-state index contributed by atoms with van der Waals surface area (Å²) >= 11 is 2.84. The Morgan fingerprint density at radius 2 is 2.29 bits per heavy atom. The fourth-order valence-corrected chi connectivity index (χ4v) is 2.61. The smallest absolute Gasteiger partial charge is 0.232 e. The van der Waals surface area contributed by atoms with Crippen molar-refractivity contribution in [3.05, 3.63) is 0 Å². The Labute approximate surface area is 109 Å². The van der Waals surface area contributed by atoms with E-state index >= 15 is 0 Å². The number of methoxy groups -OCH3 is 1. The first-order valence-electron chi connectivity index (χ1n) is 5.02. The molecule has 1 heterocycles. The lowest BCUT2D eigenvalue weighted by Crippen LogP contribution is -2.23. The molecule has 0 fully saturated rings. The molecule has 0 atom stereocenters. The Balaban J connectivity index is 2.33. The van der Waals surface area contributed by atoms with Crippen LogP contribution >= 0.6 is 23.1 Å². The number of hydrogen-bond donors (Lipinski definition) is 1. The Kier molecular flexibility index (Phi) is 6.23. The minimum Gasteiger partial charge on any atom is -0.383 e. The number of nitrogens with one attached hydrogen (secondary N) is 1. The van der Waals surface area contributed by atoms with Crippen LogP contribution in [-0.4, -0.2) is 61.1 Å². The lowest BCUT2D eigenvalue weighted by molar-refractivity contribution is -0.125. The van der Waals surface area contributed by atoms with E-state index in [2.05, 4.69) is 15.5 Å². The molecule has 8 heteroatoms. The molecule has 1 rings (SSSR count). The summed E-state index contributed by atoms with van der Waals surface area (Å²) in [5.41, 5.74) is 0. The van der Waals surface area contributed by atoms with E-state index in [0.29, 0.717) is 18.9 Å². The maximum atomic E-state index is 11.4. The summed E-state index contributed by atoms with van der Waals surface area (Å²) in [6, 6.07) is 0. The maximum absolute atomic E-state index is 11.4. The van der Waals surface area contributed by atoms with Crippen LogP contribution in [0.1, 0.15) is 0 Å². The molecule has 0 unspecified atom stereocenters. The van der Waals surface area contributed by atoms with Gasteiger partial charge in [0.1, 0.15) is 0 Å². The zero-order valence-corrected chi connectivity index (χ0v) is 11.7. The zero-order chi connectivity index (χ0) is 12.7. The highest BCUT2D eigenvalue weighted by Crippen LogP contribution is 2.25. The normalized spacial score (nSPS) is 10.3. The molecule has 1 aromatic heterocycles. The number of amides is 1. The van der Waals surface area contributed by atoms with Crippen LogP contribution in [0.2, 0.25) is 0 Å². The van der Waals surface area contributed by atoms with E-state index in [1.54, 1.807) is 26.1 Å². The van der Waals surface area contributed by atoms with E-state index in [9.17, 15) is 4.79 Å². The van der Waals surface area contributed by atoms with Crippen molar-refractivity contribution in [2.24, 2.45) is 0 Å². The molecule has 1 aromatic rings. The van der Waals surface area contributed by atoms with Gasteiger partial charge in [-0.3, -0.25) is 4.79 Å². The van der Waals surface area contributed by atoms with E-state index in [1.165, 1.54) is 23.1 Å². The van der Waals surface area contributed by atoms with Crippen LogP contribution in [0.3, 0.4) is 0 Å². The summed E-state index contributed by atoms with van der Waals surface area (Å²) < 4.78 is 5.71. The number of rotatable bonds is 7. The van der Waals surface area contributed by atoms with Crippen molar-refractivity contribution in [1.82, 2.24) is 15.1 Å². The van der Waals surface area contributed by atoms with E-state index < -0.39 is 0 Å². The quantitative estimate of drug-likeness (QED) is 0.586. The first kappa shape index (κ1) is 14.2. The lowest BCUT2D eigenvalue weighted by Gasteiger charge is -2.07. The van der Waals surface area contributed by atoms with E-state index in [0.717, 1.165) is 9.47 Å². The van der Waals surface area contributed by atoms with Gasteiger partial charge in [-0.15, -0.1) is 10.2 Å². The van der Waals surface area contributed by atoms with Crippen molar-refractivity contribution in [1.29, 1.82) is 0 Å². The van der Waals surface area contributed by atoms with Gasteiger partial charge in [-0.1, -0.05) is 23.1 Å². The molecular weight excluding hydrogens is 260 g/mol. The average Bonchev–Trinajstić information content (AvgIpc) is 2.74. The van der Waals surface area contributed by atoms with Crippen molar-refractivity contribution in [3.63, 3.8) is 0 Å². The summed E-state index contributed by atoms with van der Waals surface area (Å²) in [6.07, 6.45) is 0. The number of nitrogens with zero attached hydrogens (tertiary/aromatic N) is 3. The predicted molar refractivity (Wildman–Crippen MR) is 69.7 cm³/mol. The summed E-state index contributed by atoms with van der Waals surface area (Å²) in [5.74, 6) is 0.457. The molecule has 0 aliphatic heterocycles. The second kappa shape index (κ2) is 7.46. The molecule has 0 saturated carbocycles. The minimum atomic E-state index is 0.0686. The fraction of sp³-hybridized carbons (Fsp3) is 0.667. The molecule has 0 bridgehead atoms. The van der Waals surface area contributed by atoms with Crippen molar-refractivity contribution in [2.75, 3.05) is 45.4 Å². The van der Waals surface area contributed by atoms with Crippen LogP contribution < -0.4 is 5.32 Å². The van der Waals surface area contributed by atoms with Crippen LogP contribution in [0.4, 0.5) is 5.13 Å². The van der Waals surface area contributed by atoms with Gasteiger partial charge in [0.15, 0.2) is 4.34 Å². The van der Waals surface area contributed by atoms with Crippen molar-refractivity contribution < 1.29 is 9.53 Å². The molecule has 0 aromatic carbocycles. The minimum absolute atomic E-state index is 0.0686. The van der Waals surface area contributed by atoms with Crippen LogP contribution in [0.25, 0.3) is 0 Å². The third kappa shape index (κ3) is 5.33. The molecular formula is C9H16N4O2S2. The van der Waals surface area contributed by atoms with E-state index in [4.69, 9.17) is 4.74 Å². The highest BCUT2D eigenvalue weighted by molar-refractivity contribution is 8.01. The third-order valence-corrected chi connectivity index (χ3v) is 3.81. The van der Waals surface area contributed by atoms with Crippen molar-refractivity contribution in [3.8, 4) is 0 Å². The number of ether oxygens (including phenoxy) is 1. The third-order valence-electron chi connectivity index (χ3n) is 1.81. The molecule has 0 spiro atoms. The van der Waals surface area contributed by atoms with Gasteiger partial charge in [0.05, 0.1) is 12.4 Å². The fourth-order valence-electron chi connectivity index (χ4n) is 0.852. The molecule has 0 radical (unpaired) electrons. The van der Waals surface area contributed by atoms with Gasteiger partial charge in [0.2, 0.25) is 11.0 Å². The van der Waals surface area contributed by atoms with E-state index in [-0.39, 0.29) is 5.91 Å². The molecule has 96 valence electrons. The van der Waals surface area contributed by atoms with Gasteiger partial charge in [-0.05, 0) is 0 Å². The van der Waals surface area contributed by atoms with Gasteiger partial charge >= 0.3 is 0 Å². The van der Waals surface area contributed by atoms with Crippen LogP contribution in [0.15, 0.2) is 4.34 Å². The van der Waals surface area contributed by atoms with Gasteiger partial charge in [0.25, 0.3) is 0 Å². The Morgan fingerprint density at radius 3 is 2.94 bits per heavy atom. The summed E-state index contributed by atoms with van der Waals surface area (Å²) in [7, 11) is 5.12. The predicted octanol–water partition coefficient (Wildman–Crippen LogP) is 0.777. The van der Waals surface area contributed by atoms with Crippen molar-refractivity contribution >= 4 is 34.1 Å². The first-order valence-corrected chi connectivity index (χ1v) is 6.83. The van der Waals surface area contributed by atoms with Crippen molar-refractivity contribution in [2.45, 2.75) is 4.34 Å². The Bertz CT molecular complexity index is 357. The van der Waals surface area contributed by atoms with Gasteiger partial charge in [-0.25, -0.2) is 0 Å². The van der Waals surface area contributed by atoms with Crippen LogP contribution in [-0.2, 0) is 9.53 Å².